The number of aryl methyl sites for hydroxylation is 1. The third kappa shape index (κ3) is 5.05. The van der Waals surface area contributed by atoms with E-state index >= 15 is 0 Å². The molecule has 1 aliphatic rings. The Hall–Kier alpha value is -3.71. The first-order valence-corrected chi connectivity index (χ1v) is 12.2. The van der Waals surface area contributed by atoms with E-state index in [1.165, 1.54) is 17.4 Å². The lowest BCUT2D eigenvalue weighted by Crippen LogP contribution is -2.33. The van der Waals surface area contributed by atoms with Gasteiger partial charge in [0.05, 0.1) is 17.9 Å². The standard InChI is InChI=1S/C28H31N5O2/c1-20(29-28(34)24-14-18-35-21(24)2)27-31-30-26-13-15-32(16-17-33(26)27)19-25(22-9-5-3-6-10-22)23-11-7-4-8-12-23/h3-12,14,18,20,25H,13,15-17,19H2,1-2H3,(H,29,34)/t20-/m0/s1. The van der Waals surface area contributed by atoms with Gasteiger partial charge in [0.1, 0.15) is 11.6 Å². The Labute approximate surface area is 205 Å². The van der Waals surface area contributed by atoms with Crippen molar-refractivity contribution in [2.24, 2.45) is 0 Å². The largest absolute Gasteiger partial charge is 0.469 e. The predicted octanol–water partition coefficient (Wildman–Crippen LogP) is 4.36. The van der Waals surface area contributed by atoms with Crippen molar-refractivity contribution in [3.63, 3.8) is 0 Å². The second-order valence-electron chi connectivity index (χ2n) is 9.14. The Kier molecular flexibility index (Phi) is 6.77. The third-order valence-electron chi connectivity index (χ3n) is 6.83. The molecule has 0 aliphatic carbocycles. The van der Waals surface area contributed by atoms with Crippen molar-refractivity contribution in [1.82, 2.24) is 25.0 Å². The Morgan fingerprint density at radius 3 is 2.29 bits per heavy atom. The molecule has 1 aliphatic heterocycles. The lowest BCUT2D eigenvalue weighted by molar-refractivity contribution is 0.0936. The fraction of sp³-hybridized carbons (Fsp3) is 0.321. The number of amides is 1. The first kappa shape index (κ1) is 23.1. The minimum atomic E-state index is -0.258. The van der Waals surface area contributed by atoms with Crippen LogP contribution >= 0.6 is 0 Å². The number of rotatable bonds is 7. The van der Waals surface area contributed by atoms with Crippen molar-refractivity contribution in [2.45, 2.75) is 38.8 Å². The van der Waals surface area contributed by atoms with Gasteiger partial charge in [0.2, 0.25) is 0 Å². The molecule has 0 unspecified atom stereocenters. The van der Waals surface area contributed by atoms with Crippen LogP contribution in [0.15, 0.2) is 77.4 Å². The van der Waals surface area contributed by atoms with E-state index in [0.717, 1.165) is 44.2 Å². The number of hydrogen-bond acceptors (Lipinski definition) is 5. The average Bonchev–Trinajstić information content (AvgIpc) is 3.45. The first-order valence-electron chi connectivity index (χ1n) is 12.2. The highest BCUT2D eigenvalue weighted by Gasteiger charge is 2.25. The highest BCUT2D eigenvalue weighted by Crippen LogP contribution is 2.26. The lowest BCUT2D eigenvalue weighted by Gasteiger charge is -2.27. The van der Waals surface area contributed by atoms with Gasteiger partial charge < -0.3 is 19.2 Å². The Morgan fingerprint density at radius 1 is 0.971 bits per heavy atom. The van der Waals surface area contributed by atoms with Crippen molar-refractivity contribution in [2.75, 3.05) is 19.6 Å². The van der Waals surface area contributed by atoms with Crippen LogP contribution in [0.5, 0.6) is 0 Å². The molecule has 7 nitrogen and oxygen atoms in total. The predicted molar refractivity (Wildman–Crippen MR) is 134 cm³/mol. The zero-order chi connectivity index (χ0) is 24.2. The van der Waals surface area contributed by atoms with Crippen LogP contribution in [-0.4, -0.2) is 45.2 Å². The maximum absolute atomic E-state index is 12.7. The summed E-state index contributed by atoms with van der Waals surface area (Å²) < 4.78 is 7.45. The van der Waals surface area contributed by atoms with E-state index < -0.39 is 0 Å². The quantitative estimate of drug-likeness (QED) is 0.435. The van der Waals surface area contributed by atoms with Gasteiger partial charge in [-0.2, -0.15) is 0 Å². The summed E-state index contributed by atoms with van der Waals surface area (Å²) in [6.07, 6.45) is 2.36. The Morgan fingerprint density at radius 2 is 1.66 bits per heavy atom. The van der Waals surface area contributed by atoms with Gasteiger partial charge in [0.25, 0.3) is 5.91 Å². The van der Waals surface area contributed by atoms with Gasteiger partial charge in [-0.05, 0) is 31.0 Å². The summed E-state index contributed by atoms with van der Waals surface area (Å²) >= 11 is 0. The van der Waals surface area contributed by atoms with E-state index in [1.54, 1.807) is 13.0 Å². The molecule has 1 amide bonds. The molecule has 4 aromatic rings. The van der Waals surface area contributed by atoms with Crippen LogP contribution in [0.3, 0.4) is 0 Å². The first-order chi connectivity index (χ1) is 17.1. The summed E-state index contributed by atoms with van der Waals surface area (Å²) in [5.41, 5.74) is 3.20. The maximum atomic E-state index is 12.7. The zero-order valence-corrected chi connectivity index (χ0v) is 20.2. The summed E-state index contributed by atoms with van der Waals surface area (Å²) in [5, 5.41) is 12.0. The molecule has 0 bridgehead atoms. The van der Waals surface area contributed by atoms with Crippen LogP contribution in [0.2, 0.25) is 0 Å². The molecule has 1 atom stereocenters. The number of nitrogens with zero attached hydrogens (tertiary/aromatic N) is 4. The number of aromatic nitrogens is 3. The minimum absolute atomic E-state index is 0.162. The average molecular weight is 470 g/mol. The molecule has 0 saturated carbocycles. The molecule has 0 saturated heterocycles. The fourth-order valence-corrected chi connectivity index (χ4v) is 4.88. The molecule has 0 spiro atoms. The molecule has 1 N–H and O–H groups in total. The van der Waals surface area contributed by atoms with Gasteiger partial charge in [-0.3, -0.25) is 4.79 Å². The van der Waals surface area contributed by atoms with Crippen LogP contribution in [0, 0.1) is 6.92 Å². The van der Waals surface area contributed by atoms with Gasteiger partial charge in [-0.1, -0.05) is 60.7 Å². The fourth-order valence-electron chi connectivity index (χ4n) is 4.88. The van der Waals surface area contributed by atoms with Crippen molar-refractivity contribution >= 4 is 5.91 Å². The SMILES string of the molecule is Cc1occc1C(=O)N[C@@H](C)c1nnc2n1CCN(CC(c1ccccc1)c1ccccc1)CC2. The number of nitrogens with one attached hydrogen (secondary N) is 1. The van der Waals surface area contributed by atoms with E-state index in [0.29, 0.717) is 17.2 Å². The van der Waals surface area contributed by atoms with Gasteiger partial charge in [0, 0.05) is 38.5 Å². The maximum Gasteiger partial charge on any atom is 0.255 e. The molecule has 2 aromatic heterocycles. The van der Waals surface area contributed by atoms with E-state index in [-0.39, 0.29) is 11.9 Å². The van der Waals surface area contributed by atoms with Gasteiger partial charge in [-0.15, -0.1) is 10.2 Å². The smallest absolute Gasteiger partial charge is 0.255 e. The molecule has 180 valence electrons. The van der Waals surface area contributed by atoms with Crippen molar-refractivity contribution in [3.8, 4) is 0 Å². The zero-order valence-electron chi connectivity index (χ0n) is 20.2. The number of fused-ring (bicyclic) bond motifs is 1. The molecular formula is C28H31N5O2. The van der Waals surface area contributed by atoms with Gasteiger partial charge in [0.15, 0.2) is 5.82 Å². The number of hydrogen-bond donors (Lipinski definition) is 1. The van der Waals surface area contributed by atoms with Crippen molar-refractivity contribution in [1.29, 1.82) is 0 Å². The number of carbonyl (C=O) groups is 1. The van der Waals surface area contributed by atoms with Crippen LogP contribution in [0.25, 0.3) is 0 Å². The highest BCUT2D eigenvalue weighted by molar-refractivity contribution is 5.95. The van der Waals surface area contributed by atoms with Crippen LogP contribution < -0.4 is 5.32 Å². The molecule has 35 heavy (non-hydrogen) atoms. The molecule has 0 radical (unpaired) electrons. The molecule has 3 heterocycles. The summed E-state index contributed by atoms with van der Waals surface area (Å²) in [5.74, 6) is 2.51. The number of furan rings is 1. The number of benzene rings is 2. The van der Waals surface area contributed by atoms with Crippen LogP contribution in [0.1, 0.15) is 57.8 Å². The topological polar surface area (TPSA) is 76.2 Å². The van der Waals surface area contributed by atoms with Crippen LogP contribution in [-0.2, 0) is 13.0 Å². The van der Waals surface area contributed by atoms with Crippen molar-refractivity contribution in [3.05, 3.63) is 107 Å². The van der Waals surface area contributed by atoms with Crippen LogP contribution in [0.4, 0.5) is 0 Å². The second-order valence-corrected chi connectivity index (χ2v) is 9.14. The van der Waals surface area contributed by atoms with Gasteiger partial charge >= 0.3 is 0 Å². The summed E-state index contributed by atoms with van der Waals surface area (Å²) in [6.45, 7) is 7.29. The van der Waals surface area contributed by atoms with E-state index in [4.69, 9.17) is 4.42 Å². The monoisotopic (exact) mass is 469 g/mol. The summed E-state index contributed by atoms with van der Waals surface area (Å²) in [6, 6.07) is 22.9. The summed E-state index contributed by atoms with van der Waals surface area (Å²) in [4.78, 5) is 15.2. The third-order valence-corrected chi connectivity index (χ3v) is 6.83. The molecule has 5 rings (SSSR count). The Bertz CT molecular complexity index is 1230. The van der Waals surface area contributed by atoms with Crippen molar-refractivity contribution < 1.29 is 9.21 Å². The number of carbonyl (C=O) groups excluding carboxylic acids is 1. The Balaban J connectivity index is 1.29. The summed E-state index contributed by atoms with van der Waals surface area (Å²) in [7, 11) is 0. The molecular weight excluding hydrogens is 438 g/mol. The minimum Gasteiger partial charge on any atom is -0.469 e. The van der Waals surface area contributed by atoms with E-state index in [9.17, 15) is 4.79 Å². The normalized spacial score (nSPS) is 14.9. The van der Waals surface area contributed by atoms with E-state index in [2.05, 4.69) is 85.6 Å². The molecule has 2 aromatic carbocycles. The van der Waals surface area contributed by atoms with Gasteiger partial charge in [-0.25, -0.2) is 0 Å². The molecule has 7 heteroatoms. The highest BCUT2D eigenvalue weighted by atomic mass is 16.3. The van der Waals surface area contributed by atoms with E-state index in [1.807, 2.05) is 6.92 Å². The second kappa shape index (κ2) is 10.3. The molecule has 0 fully saturated rings. The lowest BCUT2D eigenvalue weighted by atomic mass is 9.90.